The van der Waals surface area contributed by atoms with Crippen molar-refractivity contribution >= 4 is 11.6 Å². The second-order valence-corrected chi connectivity index (χ2v) is 7.54. The fourth-order valence-corrected chi connectivity index (χ4v) is 3.37. The van der Waals surface area contributed by atoms with Gasteiger partial charge in [0, 0.05) is 17.7 Å². The van der Waals surface area contributed by atoms with Crippen molar-refractivity contribution in [1.82, 2.24) is 0 Å². The first kappa shape index (κ1) is 25.5. The van der Waals surface area contributed by atoms with Crippen LogP contribution in [0.15, 0.2) is 42.5 Å². The highest BCUT2D eigenvalue weighted by Crippen LogP contribution is 2.32. The van der Waals surface area contributed by atoms with E-state index in [0.29, 0.717) is 23.6 Å². The smallest absolute Gasteiger partial charge is 0.221 e. The molecule has 0 saturated carbocycles. The van der Waals surface area contributed by atoms with Crippen molar-refractivity contribution in [3.8, 4) is 5.75 Å². The molecule has 5 atom stereocenters. The van der Waals surface area contributed by atoms with Gasteiger partial charge < -0.3 is 40.1 Å². The van der Waals surface area contributed by atoms with Crippen LogP contribution in [0.2, 0.25) is 5.02 Å². The lowest BCUT2D eigenvalue weighted by molar-refractivity contribution is -0.283. The van der Waals surface area contributed by atoms with Crippen molar-refractivity contribution in [2.45, 2.75) is 43.5 Å². The van der Waals surface area contributed by atoms with Gasteiger partial charge in [-0.1, -0.05) is 29.8 Å². The summed E-state index contributed by atoms with van der Waals surface area (Å²) < 4.78 is 10.5. The molecule has 0 aromatic heterocycles. The Bertz CT molecular complexity index is 831. The number of halogens is 1. The van der Waals surface area contributed by atoms with Gasteiger partial charge in [-0.05, 0) is 48.7 Å². The first-order valence-electron chi connectivity index (χ1n) is 9.79. The van der Waals surface area contributed by atoms with Gasteiger partial charge in [0.05, 0.1) is 13.2 Å². The number of aliphatic hydroxyl groups excluding tert-OH is 5. The summed E-state index contributed by atoms with van der Waals surface area (Å²) in [5, 5.41) is 60.5. The highest BCUT2D eigenvalue weighted by atomic mass is 35.5. The van der Waals surface area contributed by atoms with Gasteiger partial charge >= 0.3 is 0 Å². The van der Waals surface area contributed by atoms with Crippen molar-refractivity contribution in [2.75, 3.05) is 20.3 Å². The number of benzene rings is 2. The molecule has 0 bridgehead atoms. The molecule has 2 aromatic rings. The Morgan fingerprint density at radius 1 is 1.00 bits per heavy atom. The lowest BCUT2D eigenvalue weighted by Crippen LogP contribution is -2.55. The lowest BCUT2D eigenvalue weighted by Gasteiger charge is -2.36. The summed E-state index contributed by atoms with van der Waals surface area (Å²) in [5.41, 5.74) is 1.62. The van der Waals surface area contributed by atoms with Crippen molar-refractivity contribution in [3.63, 3.8) is 0 Å². The predicted molar refractivity (Wildman–Crippen MR) is 114 cm³/mol. The van der Waals surface area contributed by atoms with Crippen LogP contribution in [0.5, 0.6) is 5.75 Å². The zero-order chi connectivity index (χ0) is 23.2. The minimum atomic E-state index is -2.42. The van der Waals surface area contributed by atoms with E-state index in [1.807, 2.05) is 31.2 Å². The van der Waals surface area contributed by atoms with E-state index in [9.17, 15) is 25.5 Å². The van der Waals surface area contributed by atoms with Crippen LogP contribution in [-0.2, 0) is 16.9 Å². The van der Waals surface area contributed by atoms with Gasteiger partial charge in [0.1, 0.15) is 30.2 Å². The molecule has 6 N–H and O–H groups in total. The van der Waals surface area contributed by atoms with Crippen molar-refractivity contribution in [2.24, 2.45) is 0 Å². The van der Waals surface area contributed by atoms with E-state index in [0.717, 1.165) is 18.4 Å². The molecule has 2 aromatic carbocycles. The maximum absolute atomic E-state index is 11.0. The van der Waals surface area contributed by atoms with Crippen LogP contribution in [0.3, 0.4) is 0 Å². The molecule has 0 radical (unpaired) electrons. The molecule has 0 fully saturated rings. The topological polar surface area (TPSA) is 140 Å². The number of hydrogen-bond donors (Lipinski definition) is 6. The van der Waals surface area contributed by atoms with Crippen LogP contribution >= 0.6 is 11.6 Å². The minimum Gasteiger partial charge on any atom is -0.494 e. The molecule has 0 aliphatic carbocycles. The first-order valence-corrected chi connectivity index (χ1v) is 10.2. The van der Waals surface area contributed by atoms with Crippen molar-refractivity contribution in [3.05, 3.63) is 64.2 Å². The molecule has 0 spiro atoms. The van der Waals surface area contributed by atoms with E-state index < -0.39 is 36.8 Å². The van der Waals surface area contributed by atoms with Crippen LogP contribution < -0.4 is 4.74 Å². The van der Waals surface area contributed by atoms with Gasteiger partial charge in [-0.15, -0.1) is 0 Å². The summed E-state index contributed by atoms with van der Waals surface area (Å²) in [5.74, 6) is -1.69. The molecule has 0 aliphatic heterocycles. The van der Waals surface area contributed by atoms with Gasteiger partial charge in [-0.3, -0.25) is 0 Å². The molecular weight excluding hydrogens is 428 g/mol. The Morgan fingerprint density at radius 3 is 2.19 bits per heavy atom. The zero-order valence-corrected chi connectivity index (χ0v) is 18.1. The molecule has 0 heterocycles. The molecule has 31 heavy (non-hydrogen) atoms. The molecule has 2 rings (SSSR count). The Morgan fingerprint density at radius 2 is 1.65 bits per heavy atom. The second-order valence-electron chi connectivity index (χ2n) is 7.14. The number of aliphatic hydroxyl groups is 6. The molecule has 8 nitrogen and oxygen atoms in total. The van der Waals surface area contributed by atoms with Gasteiger partial charge in [-0.25, -0.2) is 0 Å². The molecule has 0 aliphatic rings. The fraction of sp³-hybridized carbons (Fsp3) is 0.455. The normalized spacial score (nSPS) is 17.5. The van der Waals surface area contributed by atoms with E-state index >= 15 is 0 Å². The lowest BCUT2D eigenvalue weighted by atomic mass is 9.90. The third-order valence-corrected chi connectivity index (χ3v) is 5.42. The van der Waals surface area contributed by atoms with E-state index in [2.05, 4.69) is 0 Å². The maximum atomic E-state index is 11.0. The monoisotopic (exact) mass is 456 g/mol. The molecular formula is C22H29ClO8. The zero-order valence-electron chi connectivity index (χ0n) is 17.3. The van der Waals surface area contributed by atoms with E-state index in [1.165, 1.54) is 18.2 Å². The van der Waals surface area contributed by atoms with E-state index in [-0.39, 0.29) is 5.56 Å². The maximum Gasteiger partial charge on any atom is 0.221 e. The molecule has 0 amide bonds. The number of ether oxygens (including phenoxy) is 2. The van der Waals surface area contributed by atoms with Crippen molar-refractivity contribution < 1.29 is 40.1 Å². The summed E-state index contributed by atoms with van der Waals surface area (Å²) in [4.78, 5) is 0. The second kappa shape index (κ2) is 11.2. The molecule has 0 saturated heterocycles. The van der Waals surface area contributed by atoms with Gasteiger partial charge in [0.25, 0.3) is 0 Å². The first-order chi connectivity index (χ1) is 14.7. The Balaban J connectivity index is 2.31. The largest absolute Gasteiger partial charge is 0.494 e. The van der Waals surface area contributed by atoms with Crippen LogP contribution in [0, 0.1) is 0 Å². The molecule has 172 valence electrons. The Hall–Kier alpha value is -1.75. The van der Waals surface area contributed by atoms with Gasteiger partial charge in [0.2, 0.25) is 5.79 Å². The summed E-state index contributed by atoms with van der Waals surface area (Å²) in [6.07, 6.45) is -7.29. The highest BCUT2D eigenvalue weighted by molar-refractivity contribution is 6.31. The number of methoxy groups -OCH3 is 1. The summed E-state index contributed by atoms with van der Waals surface area (Å²) in [7, 11) is 1.12. The summed E-state index contributed by atoms with van der Waals surface area (Å²) in [6.45, 7) is 1.61. The number of hydrogen-bond acceptors (Lipinski definition) is 8. The minimum absolute atomic E-state index is 0.0811. The van der Waals surface area contributed by atoms with Crippen LogP contribution in [-0.4, -0.2) is 75.4 Å². The van der Waals surface area contributed by atoms with E-state index in [4.69, 9.17) is 26.2 Å². The average molecular weight is 457 g/mol. The summed E-state index contributed by atoms with van der Waals surface area (Å²) in [6, 6.07) is 11.9. The van der Waals surface area contributed by atoms with E-state index in [1.54, 1.807) is 0 Å². The predicted octanol–water partition coefficient (Wildman–Crippen LogP) is 0.557. The molecule has 9 heteroatoms. The number of rotatable bonds is 11. The highest BCUT2D eigenvalue weighted by Gasteiger charge is 2.46. The third-order valence-electron chi connectivity index (χ3n) is 5.06. The Kier molecular flexibility index (Phi) is 9.23. The fourth-order valence-electron chi connectivity index (χ4n) is 3.19. The van der Waals surface area contributed by atoms with Crippen LogP contribution in [0.1, 0.15) is 23.6 Å². The Labute approximate surface area is 185 Å². The van der Waals surface area contributed by atoms with Crippen LogP contribution in [0.25, 0.3) is 0 Å². The third kappa shape index (κ3) is 5.94. The molecule has 0 unspecified atom stereocenters. The standard InChI is InChI=1S/C22H29ClO8/c1-3-31-16-7-4-13(5-8-16)10-14-11-15(6-9-17(14)23)22(29,30-2)21(28)20(27)19(26)18(25)12-24/h4-9,11,18-21,24-29H,3,10,12H2,1-2H3/t18-,19-,20+,21-,22-/m1/s1. The quantitative estimate of drug-likeness (QED) is 0.269. The van der Waals surface area contributed by atoms with Gasteiger partial charge in [0.15, 0.2) is 0 Å². The summed E-state index contributed by atoms with van der Waals surface area (Å²) >= 11 is 6.31. The van der Waals surface area contributed by atoms with Crippen molar-refractivity contribution in [1.29, 1.82) is 0 Å². The van der Waals surface area contributed by atoms with Gasteiger partial charge in [-0.2, -0.15) is 0 Å². The van der Waals surface area contributed by atoms with Crippen LogP contribution in [0.4, 0.5) is 0 Å². The average Bonchev–Trinajstić information content (AvgIpc) is 2.79. The SMILES string of the molecule is CCOc1ccc(Cc2cc([C@@](O)(OC)[C@H](O)[C@@H](O)[C@H](O)[C@H](O)CO)ccc2Cl)cc1.